The molecule has 0 aliphatic carbocycles. The van der Waals surface area contributed by atoms with E-state index in [0.717, 1.165) is 0 Å². The van der Waals surface area contributed by atoms with Gasteiger partial charge >= 0.3 is 0 Å². The summed E-state index contributed by atoms with van der Waals surface area (Å²) in [4.78, 5) is 6.28. The lowest BCUT2D eigenvalue weighted by molar-refractivity contribution is 0.584. The molecule has 18 heavy (non-hydrogen) atoms. The highest BCUT2D eigenvalue weighted by atomic mass is 32.2. The number of pyridine rings is 1. The molecule has 0 amide bonds. The van der Waals surface area contributed by atoms with Gasteiger partial charge in [0, 0.05) is 6.20 Å². The summed E-state index contributed by atoms with van der Waals surface area (Å²) in [7, 11) is -3.61. The van der Waals surface area contributed by atoms with Gasteiger partial charge in [0.25, 0.3) is 10.0 Å². The molecule has 0 aliphatic rings. The van der Waals surface area contributed by atoms with Crippen molar-refractivity contribution in [3.63, 3.8) is 0 Å². The quantitative estimate of drug-likeness (QED) is 0.668. The van der Waals surface area contributed by atoms with Crippen LogP contribution >= 0.6 is 0 Å². The Bertz CT molecular complexity index is 625. The first-order valence-corrected chi connectivity index (χ1v) is 6.68. The third-order valence-corrected chi connectivity index (χ3v) is 3.35. The number of benzene rings is 1. The first-order chi connectivity index (χ1) is 8.68. The van der Waals surface area contributed by atoms with E-state index in [-0.39, 0.29) is 4.90 Å². The van der Waals surface area contributed by atoms with E-state index < -0.39 is 10.0 Å². The molecule has 0 bridgehead atoms. The van der Waals surface area contributed by atoms with Crippen LogP contribution in [0.15, 0.2) is 64.7 Å². The Labute approximate surface area is 105 Å². The summed E-state index contributed by atoms with van der Waals surface area (Å²) in [6.07, 6.45) is 2.95. The van der Waals surface area contributed by atoms with Gasteiger partial charge in [-0.25, -0.2) is 4.83 Å². The van der Waals surface area contributed by atoms with E-state index in [4.69, 9.17) is 0 Å². The average molecular weight is 261 g/mol. The first kappa shape index (κ1) is 12.3. The molecular formula is C12H11N3O2S. The van der Waals surface area contributed by atoms with Gasteiger partial charge in [-0.15, -0.1) is 0 Å². The Morgan fingerprint density at radius 3 is 2.44 bits per heavy atom. The highest BCUT2D eigenvalue weighted by Gasteiger charge is 2.10. The highest BCUT2D eigenvalue weighted by molar-refractivity contribution is 7.89. The minimum absolute atomic E-state index is 0.170. The van der Waals surface area contributed by atoms with Crippen molar-refractivity contribution in [3.05, 3.63) is 60.4 Å². The van der Waals surface area contributed by atoms with Crippen LogP contribution in [0.3, 0.4) is 0 Å². The zero-order valence-electron chi connectivity index (χ0n) is 9.39. The van der Waals surface area contributed by atoms with Crippen LogP contribution in [0.1, 0.15) is 5.69 Å². The van der Waals surface area contributed by atoms with Crippen LogP contribution in [0.5, 0.6) is 0 Å². The summed E-state index contributed by atoms with van der Waals surface area (Å²) in [6, 6.07) is 13.3. The van der Waals surface area contributed by atoms with E-state index in [1.165, 1.54) is 18.3 Å². The van der Waals surface area contributed by atoms with Crippen molar-refractivity contribution in [1.82, 2.24) is 9.82 Å². The van der Waals surface area contributed by atoms with Crippen molar-refractivity contribution in [3.8, 4) is 0 Å². The molecule has 0 spiro atoms. The van der Waals surface area contributed by atoms with E-state index in [9.17, 15) is 8.42 Å². The van der Waals surface area contributed by atoms with Crippen LogP contribution in [0.4, 0.5) is 0 Å². The molecule has 2 aromatic rings. The molecule has 6 heteroatoms. The van der Waals surface area contributed by atoms with Crippen LogP contribution in [0, 0.1) is 0 Å². The maximum atomic E-state index is 11.8. The van der Waals surface area contributed by atoms with Gasteiger partial charge in [0.15, 0.2) is 0 Å². The van der Waals surface area contributed by atoms with E-state index in [1.807, 2.05) is 0 Å². The number of sulfonamides is 1. The summed E-state index contributed by atoms with van der Waals surface area (Å²) in [5.74, 6) is 0. The lowest BCUT2D eigenvalue weighted by Gasteiger charge is -2.01. The predicted octanol–water partition coefficient (Wildman–Crippen LogP) is 1.39. The molecule has 0 unspecified atom stereocenters. The molecule has 92 valence electrons. The third kappa shape index (κ3) is 3.14. The number of hydrogen-bond donors (Lipinski definition) is 1. The molecule has 0 saturated carbocycles. The van der Waals surface area contributed by atoms with Gasteiger partial charge in [0.2, 0.25) is 0 Å². The van der Waals surface area contributed by atoms with Crippen LogP contribution in [0.2, 0.25) is 0 Å². The Morgan fingerprint density at radius 1 is 1.06 bits per heavy atom. The number of hydrogen-bond acceptors (Lipinski definition) is 4. The normalized spacial score (nSPS) is 11.6. The van der Waals surface area contributed by atoms with E-state index in [2.05, 4.69) is 14.9 Å². The zero-order valence-corrected chi connectivity index (χ0v) is 10.2. The minimum Gasteiger partial charge on any atom is -0.255 e. The second-order valence-corrected chi connectivity index (χ2v) is 5.08. The Morgan fingerprint density at radius 2 is 1.78 bits per heavy atom. The van der Waals surface area contributed by atoms with Crippen molar-refractivity contribution in [2.24, 2.45) is 5.10 Å². The SMILES string of the molecule is O=S(=O)(N/N=C/c1ccccn1)c1ccccc1. The zero-order chi connectivity index (χ0) is 12.8. The van der Waals surface area contributed by atoms with Gasteiger partial charge in [-0.2, -0.15) is 13.5 Å². The Hall–Kier alpha value is -2.21. The third-order valence-electron chi connectivity index (χ3n) is 2.11. The lowest BCUT2D eigenvalue weighted by atomic mass is 10.4. The first-order valence-electron chi connectivity index (χ1n) is 5.19. The number of aromatic nitrogens is 1. The van der Waals surface area contributed by atoms with E-state index in [0.29, 0.717) is 5.69 Å². The van der Waals surface area contributed by atoms with Crippen molar-refractivity contribution in [1.29, 1.82) is 0 Å². The molecule has 1 aromatic carbocycles. The minimum atomic E-state index is -3.61. The summed E-state index contributed by atoms with van der Waals surface area (Å²) < 4.78 is 23.6. The Balaban J connectivity index is 2.09. The molecule has 0 saturated heterocycles. The second-order valence-electron chi connectivity index (χ2n) is 3.42. The Kier molecular flexibility index (Phi) is 3.69. The molecular weight excluding hydrogens is 250 g/mol. The highest BCUT2D eigenvalue weighted by Crippen LogP contribution is 2.06. The number of rotatable bonds is 4. The fourth-order valence-electron chi connectivity index (χ4n) is 1.27. The summed E-state index contributed by atoms with van der Waals surface area (Å²) in [6.45, 7) is 0. The summed E-state index contributed by atoms with van der Waals surface area (Å²) >= 11 is 0. The van der Waals surface area contributed by atoms with Crippen LogP contribution < -0.4 is 4.83 Å². The fourth-order valence-corrected chi connectivity index (χ4v) is 2.08. The maximum Gasteiger partial charge on any atom is 0.276 e. The standard InChI is InChI=1S/C12H11N3O2S/c16-18(17,12-7-2-1-3-8-12)15-14-10-11-6-4-5-9-13-11/h1-10,15H/b14-10+. The monoisotopic (exact) mass is 261 g/mol. The van der Waals surface area contributed by atoms with Crippen LogP contribution in [-0.2, 0) is 10.0 Å². The van der Waals surface area contributed by atoms with Crippen LogP contribution in [0.25, 0.3) is 0 Å². The molecule has 0 atom stereocenters. The molecule has 5 nitrogen and oxygen atoms in total. The molecule has 0 fully saturated rings. The van der Waals surface area contributed by atoms with Gasteiger partial charge in [-0.3, -0.25) is 4.98 Å². The smallest absolute Gasteiger partial charge is 0.255 e. The maximum absolute atomic E-state index is 11.8. The number of nitrogens with one attached hydrogen (secondary N) is 1. The molecule has 1 N–H and O–H groups in total. The van der Waals surface area contributed by atoms with Gasteiger partial charge in [-0.1, -0.05) is 24.3 Å². The van der Waals surface area contributed by atoms with Crippen LogP contribution in [-0.4, -0.2) is 19.6 Å². The van der Waals surface area contributed by atoms with Gasteiger partial charge < -0.3 is 0 Å². The van der Waals surface area contributed by atoms with Gasteiger partial charge in [0.05, 0.1) is 16.8 Å². The summed E-state index contributed by atoms with van der Waals surface area (Å²) in [5.41, 5.74) is 0.577. The molecule has 1 aromatic heterocycles. The van der Waals surface area contributed by atoms with Gasteiger partial charge in [0.1, 0.15) is 0 Å². The lowest BCUT2D eigenvalue weighted by Crippen LogP contribution is -2.18. The molecule has 2 rings (SSSR count). The fraction of sp³-hybridized carbons (Fsp3) is 0. The van der Waals surface area contributed by atoms with Crippen molar-refractivity contribution < 1.29 is 8.42 Å². The molecule has 0 aliphatic heterocycles. The largest absolute Gasteiger partial charge is 0.276 e. The molecule has 0 radical (unpaired) electrons. The summed E-state index contributed by atoms with van der Waals surface area (Å²) in [5, 5.41) is 3.66. The van der Waals surface area contributed by atoms with Crippen molar-refractivity contribution in [2.75, 3.05) is 0 Å². The van der Waals surface area contributed by atoms with Crippen molar-refractivity contribution in [2.45, 2.75) is 4.90 Å². The van der Waals surface area contributed by atoms with E-state index >= 15 is 0 Å². The number of hydrazone groups is 1. The van der Waals surface area contributed by atoms with Gasteiger partial charge in [-0.05, 0) is 24.3 Å². The topological polar surface area (TPSA) is 71.4 Å². The average Bonchev–Trinajstić information content (AvgIpc) is 2.41. The number of nitrogens with zero attached hydrogens (tertiary/aromatic N) is 2. The van der Waals surface area contributed by atoms with Crippen molar-refractivity contribution >= 4 is 16.2 Å². The molecule has 1 heterocycles. The second kappa shape index (κ2) is 5.42. The predicted molar refractivity (Wildman–Crippen MR) is 68.6 cm³/mol. The van der Waals surface area contributed by atoms with E-state index in [1.54, 1.807) is 42.6 Å².